The average molecular weight is 353 g/mol. The molecule has 2 aliphatic heterocycles. The van der Waals surface area contributed by atoms with Crippen LogP contribution < -0.4 is 5.32 Å². The van der Waals surface area contributed by atoms with Gasteiger partial charge in [0, 0.05) is 30.2 Å². The van der Waals surface area contributed by atoms with E-state index in [0.29, 0.717) is 18.1 Å². The van der Waals surface area contributed by atoms with Crippen molar-refractivity contribution in [3.05, 3.63) is 0 Å². The Morgan fingerprint density at radius 3 is 1.64 bits per heavy atom. The van der Waals surface area contributed by atoms with E-state index >= 15 is 0 Å². The summed E-state index contributed by atoms with van der Waals surface area (Å²) in [6.45, 7) is 21.5. The van der Waals surface area contributed by atoms with Gasteiger partial charge < -0.3 is 10.2 Å². The first-order chi connectivity index (χ1) is 12.0. The normalized spacial score (nSPS) is 25.0. The third-order valence-corrected chi connectivity index (χ3v) is 6.78. The van der Waals surface area contributed by atoms with Crippen LogP contribution in [0, 0.1) is 0 Å². The molecule has 2 heterocycles. The van der Waals surface area contributed by atoms with Gasteiger partial charge in [-0.1, -0.05) is 27.7 Å². The highest BCUT2D eigenvalue weighted by molar-refractivity contribution is 4.89. The van der Waals surface area contributed by atoms with Crippen molar-refractivity contribution < 1.29 is 0 Å². The van der Waals surface area contributed by atoms with Crippen LogP contribution in [-0.4, -0.2) is 84.2 Å². The Hall–Kier alpha value is -0.160. The number of nitrogens with one attached hydrogen (secondary N) is 1. The largest absolute Gasteiger partial charge is 0.312 e. The van der Waals surface area contributed by atoms with Crippen LogP contribution in [0.5, 0.6) is 0 Å². The quantitative estimate of drug-likeness (QED) is 0.725. The molecular weight excluding hydrogens is 308 g/mol. The van der Waals surface area contributed by atoms with Crippen LogP contribution in [0.15, 0.2) is 0 Å². The molecule has 1 N–H and O–H groups in total. The second-order valence-electron chi connectivity index (χ2n) is 8.60. The number of likely N-dealkylation sites (tertiary alicyclic amines) is 2. The third kappa shape index (κ3) is 5.92. The number of rotatable bonds is 8. The van der Waals surface area contributed by atoms with Crippen molar-refractivity contribution in [2.45, 2.75) is 97.4 Å². The molecule has 2 saturated heterocycles. The van der Waals surface area contributed by atoms with Crippen molar-refractivity contribution in [3.63, 3.8) is 0 Å². The highest BCUT2D eigenvalue weighted by atomic mass is 15.3. The van der Waals surface area contributed by atoms with E-state index in [1.54, 1.807) is 0 Å². The first-order valence-corrected chi connectivity index (χ1v) is 10.9. The monoisotopic (exact) mass is 352 g/mol. The van der Waals surface area contributed by atoms with E-state index < -0.39 is 0 Å². The van der Waals surface area contributed by atoms with E-state index in [1.807, 2.05) is 0 Å². The van der Waals surface area contributed by atoms with Crippen LogP contribution in [0.4, 0.5) is 0 Å². The lowest BCUT2D eigenvalue weighted by atomic mass is 9.97. The van der Waals surface area contributed by atoms with E-state index in [2.05, 4.69) is 61.6 Å². The van der Waals surface area contributed by atoms with Gasteiger partial charge in [-0.05, 0) is 78.8 Å². The molecule has 2 atom stereocenters. The molecular formula is C21H44N4. The summed E-state index contributed by atoms with van der Waals surface area (Å²) in [6, 6.07) is 3.49. The Morgan fingerprint density at radius 1 is 0.800 bits per heavy atom. The molecule has 0 aliphatic carbocycles. The summed E-state index contributed by atoms with van der Waals surface area (Å²) in [5, 5.41) is 3.72. The minimum absolute atomic E-state index is 0.611. The molecule has 0 radical (unpaired) electrons. The molecule has 0 bridgehead atoms. The predicted octanol–water partition coefficient (Wildman–Crippen LogP) is 3.03. The van der Waals surface area contributed by atoms with Crippen molar-refractivity contribution in [3.8, 4) is 0 Å². The first-order valence-electron chi connectivity index (χ1n) is 10.9. The van der Waals surface area contributed by atoms with Crippen molar-refractivity contribution >= 4 is 0 Å². The Balaban J connectivity index is 1.76. The van der Waals surface area contributed by atoms with Crippen molar-refractivity contribution in [2.75, 3.05) is 39.3 Å². The fraction of sp³-hybridized carbons (Fsp3) is 1.00. The molecule has 2 fully saturated rings. The summed E-state index contributed by atoms with van der Waals surface area (Å²) in [6.07, 6.45) is 5.30. The average Bonchev–Trinajstić information content (AvgIpc) is 2.62. The molecule has 0 spiro atoms. The fourth-order valence-corrected chi connectivity index (χ4v) is 4.95. The van der Waals surface area contributed by atoms with E-state index in [1.165, 1.54) is 65.0 Å². The lowest BCUT2D eigenvalue weighted by Gasteiger charge is -2.45. The fourth-order valence-electron chi connectivity index (χ4n) is 4.95. The van der Waals surface area contributed by atoms with Gasteiger partial charge in [0.05, 0.1) is 0 Å². The van der Waals surface area contributed by atoms with Gasteiger partial charge in [0.25, 0.3) is 0 Å². The van der Waals surface area contributed by atoms with Crippen molar-refractivity contribution in [2.24, 2.45) is 0 Å². The predicted molar refractivity (Wildman–Crippen MR) is 109 cm³/mol. The Bertz CT molecular complexity index is 353. The van der Waals surface area contributed by atoms with Gasteiger partial charge in [-0.15, -0.1) is 0 Å². The zero-order chi connectivity index (χ0) is 18.4. The SMILES string of the molecule is CCN(CC)C1CCN(C(C)C(C)N2CCC(NC(C)C)CC2)CC1. The Kier molecular flexibility index (Phi) is 8.67. The maximum atomic E-state index is 3.72. The molecule has 25 heavy (non-hydrogen) atoms. The molecule has 4 heteroatoms. The molecule has 2 unspecified atom stereocenters. The summed E-state index contributed by atoms with van der Waals surface area (Å²) in [4.78, 5) is 8.14. The van der Waals surface area contributed by atoms with Crippen LogP contribution in [-0.2, 0) is 0 Å². The minimum atomic E-state index is 0.611. The van der Waals surface area contributed by atoms with Crippen molar-refractivity contribution in [1.29, 1.82) is 0 Å². The van der Waals surface area contributed by atoms with Gasteiger partial charge >= 0.3 is 0 Å². The molecule has 2 aliphatic rings. The summed E-state index contributed by atoms with van der Waals surface area (Å²) >= 11 is 0. The minimum Gasteiger partial charge on any atom is -0.312 e. The first kappa shape index (κ1) is 21.1. The maximum absolute atomic E-state index is 3.72. The number of piperidine rings is 2. The summed E-state index contributed by atoms with van der Waals surface area (Å²) < 4.78 is 0. The lowest BCUT2D eigenvalue weighted by molar-refractivity contribution is 0.0419. The van der Waals surface area contributed by atoms with Crippen molar-refractivity contribution in [1.82, 2.24) is 20.0 Å². The molecule has 0 aromatic heterocycles. The zero-order valence-corrected chi connectivity index (χ0v) is 17.8. The molecule has 4 nitrogen and oxygen atoms in total. The highest BCUT2D eigenvalue weighted by Crippen LogP contribution is 2.22. The summed E-state index contributed by atoms with van der Waals surface area (Å²) in [5.74, 6) is 0. The van der Waals surface area contributed by atoms with Gasteiger partial charge in [0.1, 0.15) is 0 Å². The van der Waals surface area contributed by atoms with Crippen LogP contribution in [0.2, 0.25) is 0 Å². The highest BCUT2D eigenvalue weighted by Gasteiger charge is 2.31. The van der Waals surface area contributed by atoms with Gasteiger partial charge in [0.15, 0.2) is 0 Å². The topological polar surface area (TPSA) is 21.8 Å². The van der Waals surface area contributed by atoms with E-state index in [-0.39, 0.29) is 0 Å². The maximum Gasteiger partial charge on any atom is 0.0220 e. The molecule has 0 aromatic rings. The third-order valence-electron chi connectivity index (χ3n) is 6.78. The van der Waals surface area contributed by atoms with Gasteiger partial charge in [0.2, 0.25) is 0 Å². The lowest BCUT2D eigenvalue weighted by Crippen LogP contribution is -2.56. The molecule has 148 valence electrons. The van der Waals surface area contributed by atoms with Gasteiger partial charge in [-0.25, -0.2) is 0 Å². The number of hydrogen-bond acceptors (Lipinski definition) is 4. The molecule has 0 amide bonds. The van der Waals surface area contributed by atoms with E-state index in [0.717, 1.165) is 12.1 Å². The number of hydrogen-bond donors (Lipinski definition) is 1. The smallest absolute Gasteiger partial charge is 0.0220 e. The molecule has 0 aromatic carbocycles. The standard InChI is InChI=1S/C21H44N4/c1-7-23(8-2)21-11-15-25(16-12-21)19(6)18(5)24-13-9-20(10-14-24)22-17(3)4/h17-22H,7-16H2,1-6H3. The van der Waals surface area contributed by atoms with E-state index in [4.69, 9.17) is 0 Å². The van der Waals surface area contributed by atoms with Crippen LogP contribution in [0.25, 0.3) is 0 Å². The van der Waals surface area contributed by atoms with Crippen LogP contribution in [0.1, 0.15) is 67.2 Å². The van der Waals surface area contributed by atoms with Crippen LogP contribution in [0.3, 0.4) is 0 Å². The second kappa shape index (κ2) is 10.2. The van der Waals surface area contributed by atoms with Gasteiger partial charge in [-0.2, -0.15) is 0 Å². The summed E-state index contributed by atoms with van der Waals surface area (Å²) in [5.41, 5.74) is 0. The molecule has 2 rings (SSSR count). The molecule has 0 saturated carbocycles. The zero-order valence-electron chi connectivity index (χ0n) is 17.8. The van der Waals surface area contributed by atoms with Gasteiger partial charge in [-0.3, -0.25) is 9.80 Å². The Morgan fingerprint density at radius 2 is 1.24 bits per heavy atom. The number of nitrogens with zero attached hydrogens (tertiary/aromatic N) is 3. The van der Waals surface area contributed by atoms with E-state index in [9.17, 15) is 0 Å². The second-order valence-corrected chi connectivity index (χ2v) is 8.60. The summed E-state index contributed by atoms with van der Waals surface area (Å²) in [7, 11) is 0. The van der Waals surface area contributed by atoms with Crippen LogP contribution >= 0.6 is 0 Å². The Labute approximate surface area is 157 Å².